The van der Waals surface area contributed by atoms with E-state index in [1.807, 2.05) is 19.9 Å². The van der Waals surface area contributed by atoms with Crippen molar-refractivity contribution in [3.8, 4) is 0 Å². The lowest BCUT2D eigenvalue weighted by molar-refractivity contribution is -0.131. The monoisotopic (exact) mass is 416 g/mol. The standard InChI is InChI=1S/C18H28N2O5S2/c1-11-9-12(2)14(4)17(13(11)3)27(24,25)19-15(5)18(21)20-8-7-16(10-20)26(6,22)23/h9,15-16,19H,7-8,10H2,1-6H3. The molecule has 9 heteroatoms. The topological polar surface area (TPSA) is 101 Å². The summed E-state index contributed by atoms with van der Waals surface area (Å²) in [4.78, 5) is 14.3. The SMILES string of the molecule is Cc1cc(C)c(C)c(S(=O)(=O)NC(C)C(=O)N2CCC(S(C)(=O)=O)C2)c1C. The van der Waals surface area contributed by atoms with E-state index < -0.39 is 37.1 Å². The molecule has 0 bridgehead atoms. The Morgan fingerprint density at radius 2 is 1.63 bits per heavy atom. The van der Waals surface area contributed by atoms with Gasteiger partial charge in [-0.15, -0.1) is 0 Å². The van der Waals surface area contributed by atoms with Crippen LogP contribution in [-0.2, 0) is 24.7 Å². The number of benzene rings is 1. The van der Waals surface area contributed by atoms with Crippen molar-refractivity contribution >= 4 is 25.8 Å². The van der Waals surface area contributed by atoms with Crippen LogP contribution in [0.5, 0.6) is 0 Å². The van der Waals surface area contributed by atoms with Crippen molar-refractivity contribution in [2.24, 2.45) is 0 Å². The molecule has 152 valence electrons. The number of nitrogens with one attached hydrogen (secondary N) is 1. The van der Waals surface area contributed by atoms with E-state index in [1.54, 1.807) is 13.8 Å². The molecule has 0 saturated carbocycles. The predicted octanol–water partition coefficient (Wildman–Crippen LogP) is 1.23. The van der Waals surface area contributed by atoms with Crippen LogP contribution < -0.4 is 4.72 Å². The molecular formula is C18H28N2O5S2. The first-order valence-electron chi connectivity index (χ1n) is 8.83. The highest BCUT2D eigenvalue weighted by Crippen LogP contribution is 2.26. The van der Waals surface area contributed by atoms with Crippen molar-refractivity contribution in [3.63, 3.8) is 0 Å². The van der Waals surface area contributed by atoms with Crippen LogP contribution in [-0.4, -0.2) is 58.3 Å². The second kappa shape index (κ2) is 7.52. The molecule has 1 saturated heterocycles. The van der Waals surface area contributed by atoms with E-state index in [0.29, 0.717) is 24.1 Å². The lowest BCUT2D eigenvalue weighted by Crippen LogP contribution is -2.46. The molecule has 1 N–H and O–H groups in total. The van der Waals surface area contributed by atoms with Crippen LogP contribution in [0.4, 0.5) is 0 Å². The molecule has 1 aliphatic heterocycles. The van der Waals surface area contributed by atoms with Gasteiger partial charge in [0.1, 0.15) is 0 Å². The molecule has 1 aromatic carbocycles. The molecule has 0 aromatic heterocycles. The maximum atomic E-state index is 13.0. The zero-order chi connectivity index (χ0) is 20.7. The molecule has 0 aliphatic carbocycles. The van der Waals surface area contributed by atoms with E-state index in [9.17, 15) is 21.6 Å². The van der Waals surface area contributed by atoms with E-state index in [2.05, 4.69) is 4.72 Å². The Labute approximate surface area is 162 Å². The highest BCUT2D eigenvalue weighted by atomic mass is 32.2. The quantitative estimate of drug-likeness (QED) is 0.778. The van der Waals surface area contributed by atoms with Gasteiger partial charge in [-0.2, -0.15) is 4.72 Å². The summed E-state index contributed by atoms with van der Waals surface area (Å²) in [6.07, 6.45) is 1.53. The molecule has 1 fully saturated rings. The van der Waals surface area contributed by atoms with Crippen molar-refractivity contribution in [2.75, 3.05) is 19.3 Å². The van der Waals surface area contributed by atoms with Gasteiger partial charge in [0.05, 0.1) is 16.2 Å². The molecule has 1 aromatic rings. The largest absolute Gasteiger partial charge is 0.340 e. The summed E-state index contributed by atoms with van der Waals surface area (Å²) in [6.45, 7) is 9.10. The number of rotatable bonds is 5. The summed E-state index contributed by atoms with van der Waals surface area (Å²) < 4.78 is 51.7. The van der Waals surface area contributed by atoms with Gasteiger partial charge in [0.25, 0.3) is 0 Å². The Morgan fingerprint density at radius 3 is 2.07 bits per heavy atom. The van der Waals surface area contributed by atoms with Crippen LogP contribution in [0.15, 0.2) is 11.0 Å². The Bertz CT molecular complexity index is 942. The van der Waals surface area contributed by atoms with Crippen LogP contribution >= 0.6 is 0 Å². The van der Waals surface area contributed by atoms with Crippen molar-refractivity contribution in [3.05, 3.63) is 28.3 Å². The zero-order valence-corrected chi connectivity index (χ0v) is 18.3. The Morgan fingerprint density at radius 1 is 1.11 bits per heavy atom. The number of aryl methyl sites for hydroxylation is 2. The Balaban J connectivity index is 2.23. The maximum Gasteiger partial charge on any atom is 0.241 e. The minimum atomic E-state index is -3.90. The normalized spacial score (nSPS) is 19.3. The van der Waals surface area contributed by atoms with Gasteiger partial charge in [-0.05, 0) is 63.3 Å². The van der Waals surface area contributed by atoms with Crippen molar-refractivity contribution in [2.45, 2.75) is 57.2 Å². The third-order valence-corrected chi connectivity index (χ3v) is 8.74. The second-order valence-corrected chi connectivity index (χ2v) is 11.4. The minimum absolute atomic E-state index is 0.103. The Kier molecular flexibility index (Phi) is 6.08. The lowest BCUT2D eigenvalue weighted by atomic mass is 10.0. The van der Waals surface area contributed by atoms with Crippen LogP contribution in [0.2, 0.25) is 0 Å². The molecule has 2 rings (SSSR count). The highest BCUT2D eigenvalue weighted by molar-refractivity contribution is 7.91. The highest BCUT2D eigenvalue weighted by Gasteiger charge is 2.35. The summed E-state index contributed by atoms with van der Waals surface area (Å²) in [6, 6.07) is 0.960. The molecule has 1 aliphatic rings. The summed E-state index contributed by atoms with van der Waals surface area (Å²) >= 11 is 0. The average Bonchev–Trinajstić information content (AvgIpc) is 3.01. The number of amides is 1. The van der Waals surface area contributed by atoms with Crippen molar-refractivity contribution in [1.29, 1.82) is 0 Å². The smallest absolute Gasteiger partial charge is 0.241 e. The second-order valence-electron chi connectivity index (χ2n) is 7.46. The van der Waals surface area contributed by atoms with E-state index in [1.165, 1.54) is 11.8 Å². The fourth-order valence-electron chi connectivity index (χ4n) is 3.48. The first-order valence-corrected chi connectivity index (χ1v) is 12.3. The van der Waals surface area contributed by atoms with E-state index in [4.69, 9.17) is 0 Å². The molecule has 2 atom stereocenters. The third kappa shape index (κ3) is 4.52. The van der Waals surface area contributed by atoms with Gasteiger partial charge in [-0.1, -0.05) is 6.07 Å². The average molecular weight is 417 g/mol. The molecule has 1 amide bonds. The lowest BCUT2D eigenvalue weighted by Gasteiger charge is -2.23. The number of carbonyl (C=O) groups excluding carboxylic acids is 1. The Hall–Kier alpha value is -1.45. The van der Waals surface area contributed by atoms with Gasteiger partial charge in [0, 0.05) is 19.3 Å². The van der Waals surface area contributed by atoms with Gasteiger partial charge >= 0.3 is 0 Å². The number of nitrogens with zero attached hydrogens (tertiary/aromatic N) is 1. The number of hydrogen-bond donors (Lipinski definition) is 1. The fraction of sp³-hybridized carbons (Fsp3) is 0.611. The number of hydrogen-bond acceptors (Lipinski definition) is 5. The summed E-state index contributed by atoms with van der Waals surface area (Å²) in [5, 5.41) is -0.589. The number of sulfone groups is 1. The van der Waals surface area contributed by atoms with Crippen LogP contribution in [0.3, 0.4) is 0 Å². The van der Waals surface area contributed by atoms with Gasteiger partial charge < -0.3 is 4.90 Å². The fourth-order valence-corrected chi connectivity index (χ4v) is 6.27. The van der Waals surface area contributed by atoms with Gasteiger partial charge in [-0.25, -0.2) is 16.8 Å². The first-order chi connectivity index (χ1) is 12.3. The van der Waals surface area contributed by atoms with E-state index >= 15 is 0 Å². The summed E-state index contributed by atoms with van der Waals surface area (Å²) in [7, 11) is -7.12. The first kappa shape index (κ1) is 21.8. The third-order valence-electron chi connectivity index (χ3n) is 5.33. The zero-order valence-electron chi connectivity index (χ0n) is 16.7. The van der Waals surface area contributed by atoms with Crippen molar-refractivity contribution in [1.82, 2.24) is 9.62 Å². The molecule has 0 spiro atoms. The summed E-state index contributed by atoms with van der Waals surface area (Å²) in [5.74, 6) is -0.413. The van der Waals surface area contributed by atoms with Crippen molar-refractivity contribution < 1.29 is 21.6 Å². The maximum absolute atomic E-state index is 13.0. The molecule has 7 nitrogen and oxygen atoms in total. The minimum Gasteiger partial charge on any atom is -0.340 e. The van der Waals surface area contributed by atoms with E-state index in [0.717, 1.165) is 17.4 Å². The molecule has 0 radical (unpaired) electrons. The van der Waals surface area contributed by atoms with Gasteiger partial charge in [0.15, 0.2) is 9.84 Å². The number of sulfonamides is 1. The van der Waals surface area contributed by atoms with Crippen LogP contribution in [0.1, 0.15) is 35.6 Å². The number of carbonyl (C=O) groups is 1. The summed E-state index contributed by atoms with van der Waals surface area (Å²) in [5.41, 5.74) is 3.05. The van der Waals surface area contributed by atoms with Gasteiger partial charge in [-0.3, -0.25) is 4.79 Å². The van der Waals surface area contributed by atoms with Crippen LogP contribution in [0, 0.1) is 27.7 Å². The molecule has 27 heavy (non-hydrogen) atoms. The molecule has 1 heterocycles. The molecule has 2 unspecified atom stereocenters. The number of likely N-dealkylation sites (tertiary alicyclic amines) is 1. The molecular weight excluding hydrogens is 388 g/mol. The van der Waals surface area contributed by atoms with Crippen LogP contribution in [0.25, 0.3) is 0 Å². The van der Waals surface area contributed by atoms with Gasteiger partial charge in [0.2, 0.25) is 15.9 Å². The predicted molar refractivity (Wildman–Crippen MR) is 105 cm³/mol. The van der Waals surface area contributed by atoms with E-state index in [-0.39, 0.29) is 11.4 Å².